The molecule has 0 aromatic heterocycles. The molecule has 1 amide bonds. The molecular formula is C19H22N2O3S. The number of carbonyl (C=O) groups is 1. The van der Waals surface area contributed by atoms with Crippen molar-refractivity contribution in [3.63, 3.8) is 0 Å². The smallest absolute Gasteiger partial charge is 0.257 e. The highest BCUT2D eigenvalue weighted by Crippen LogP contribution is 2.45. The summed E-state index contributed by atoms with van der Waals surface area (Å²) in [7, 11) is 3.46. The first-order valence-electron chi connectivity index (χ1n) is 8.19. The predicted molar refractivity (Wildman–Crippen MR) is 100 cm³/mol. The number of hydrogen-bond donors (Lipinski definition) is 2. The Labute approximate surface area is 152 Å². The minimum Gasteiger partial charge on any atom is -0.497 e. The second-order valence-corrected chi connectivity index (χ2v) is 7.00. The molecule has 0 aliphatic carbocycles. The van der Waals surface area contributed by atoms with Crippen LogP contribution in [-0.4, -0.2) is 44.4 Å². The van der Waals surface area contributed by atoms with Crippen molar-refractivity contribution in [2.45, 2.75) is 16.2 Å². The fourth-order valence-electron chi connectivity index (χ4n) is 2.89. The first-order valence-corrected chi connectivity index (χ1v) is 9.07. The summed E-state index contributed by atoms with van der Waals surface area (Å²) in [5, 5.41) is 13.5. The van der Waals surface area contributed by atoms with E-state index >= 15 is 0 Å². The quantitative estimate of drug-likeness (QED) is 0.860. The van der Waals surface area contributed by atoms with E-state index in [4.69, 9.17) is 4.74 Å². The lowest BCUT2D eigenvalue weighted by atomic mass is 10.1. The van der Waals surface area contributed by atoms with Crippen LogP contribution in [0.15, 0.2) is 53.4 Å². The van der Waals surface area contributed by atoms with Gasteiger partial charge in [-0.15, -0.1) is 11.8 Å². The first-order chi connectivity index (χ1) is 12.2. The molecule has 2 aromatic rings. The van der Waals surface area contributed by atoms with Gasteiger partial charge in [0.25, 0.3) is 5.91 Å². The van der Waals surface area contributed by atoms with Gasteiger partial charge < -0.3 is 20.1 Å². The molecule has 5 nitrogen and oxygen atoms in total. The van der Waals surface area contributed by atoms with Crippen molar-refractivity contribution in [2.24, 2.45) is 0 Å². The van der Waals surface area contributed by atoms with Gasteiger partial charge in [-0.3, -0.25) is 4.79 Å². The number of thioether (sulfide) groups is 1. The van der Waals surface area contributed by atoms with Crippen LogP contribution >= 0.6 is 11.8 Å². The summed E-state index contributed by atoms with van der Waals surface area (Å²) in [6.07, 6.45) is -1.11. The molecule has 1 heterocycles. The predicted octanol–water partition coefficient (Wildman–Crippen LogP) is 2.46. The topological polar surface area (TPSA) is 61.8 Å². The van der Waals surface area contributed by atoms with E-state index in [1.165, 1.54) is 11.8 Å². The third-order valence-corrected chi connectivity index (χ3v) is 5.63. The zero-order valence-corrected chi connectivity index (χ0v) is 15.1. The molecule has 0 saturated carbocycles. The van der Waals surface area contributed by atoms with E-state index in [0.29, 0.717) is 13.1 Å². The number of ether oxygens (including phenoxy) is 1. The molecular weight excluding hydrogens is 336 g/mol. The standard InChI is InChI=1S/C19H22N2O3S/c1-20-11-12-21-15-5-3-4-6-16(15)25-18(17(22)19(21)23)13-7-9-14(24-2)10-8-13/h3-10,17-18,20,22H,11-12H2,1-2H3/t17-,18-/m0/s1. The number of aliphatic hydroxyl groups is 1. The Morgan fingerprint density at radius 1 is 1.20 bits per heavy atom. The van der Waals surface area contributed by atoms with Gasteiger partial charge in [0.15, 0.2) is 0 Å². The Hall–Kier alpha value is -2.02. The number of rotatable bonds is 5. The molecule has 3 rings (SSSR count). The maximum atomic E-state index is 12.9. The van der Waals surface area contributed by atoms with E-state index < -0.39 is 6.10 Å². The summed E-state index contributed by atoms with van der Waals surface area (Å²) < 4.78 is 5.20. The Morgan fingerprint density at radius 3 is 2.60 bits per heavy atom. The van der Waals surface area contributed by atoms with Crippen molar-refractivity contribution < 1.29 is 14.6 Å². The fraction of sp³-hybridized carbons (Fsp3) is 0.316. The Morgan fingerprint density at radius 2 is 1.92 bits per heavy atom. The number of likely N-dealkylation sites (N-methyl/N-ethyl adjacent to an activating group) is 1. The Kier molecular flexibility index (Phi) is 5.63. The maximum absolute atomic E-state index is 12.9. The summed E-state index contributed by atoms with van der Waals surface area (Å²) in [4.78, 5) is 15.6. The van der Waals surface area contributed by atoms with Crippen molar-refractivity contribution in [1.82, 2.24) is 5.32 Å². The number of anilines is 1. The van der Waals surface area contributed by atoms with Crippen LogP contribution in [0.2, 0.25) is 0 Å². The van der Waals surface area contributed by atoms with Crippen molar-refractivity contribution in [1.29, 1.82) is 0 Å². The van der Waals surface area contributed by atoms with Crippen LogP contribution < -0.4 is 15.0 Å². The van der Waals surface area contributed by atoms with Gasteiger partial charge in [0.2, 0.25) is 0 Å². The number of carbonyl (C=O) groups excluding carboxylic acids is 1. The van der Waals surface area contributed by atoms with Crippen molar-refractivity contribution in [3.05, 3.63) is 54.1 Å². The molecule has 0 bridgehead atoms. The Bertz CT molecular complexity index is 736. The number of para-hydroxylation sites is 1. The number of fused-ring (bicyclic) bond motifs is 1. The van der Waals surface area contributed by atoms with Crippen LogP contribution in [0.4, 0.5) is 5.69 Å². The third-order valence-electron chi connectivity index (χ3n) is 4.25. The minimum absolute atomic E-state index is 0.270. The van der Waals surface area contributed by atoms with Gasteiger partial charge in [-0.1, -0.05) is 24.3 Å². The average Bonchev–Trinajstić information content (AvgIpc) is 2.76. The van der Waals surface area contributed by atoms with Crippen molar-refractivity contribution in [2.75, 3.05) is 32.1 Å². The molecule has 1 aliphatic heterocycles. The number of hydrogen-bond acceptors (Lipinski definition) is 5. The molecule has 25 heavy (non-hydrogen) atoms. The van der Waals surface area contributed by atoms with E-state index in [9.17, 15) is 9.90 Å². The molecule has 0 saturated heterocycles. The second kappa shape index (κ2) is 7.91. The van der Waals surface area contributed by atoms with Crippen LogP contribution in [0.25, 0.3) is 0 Å². The lowest BCUT2D eigenvalue weighted by Gasteiger charge is -2.25. The van der Waals surface area contributed by atoms with Crippen LogP contribution in [-0.2, 0) is 4.79 Å². The first kappa shape index (κ1) is 17.8. The van der Waals surface area contributed by atoms with Gasteiger partial charge in [-0.2, -0.15) is 0 Å². The van der Waals surface area contributed by atoms with E-state index in [2.05, 4.69) is 5.32 Å². The monoisotopic (exact) mass is 358 g/mol. The van der Waals surface area contributed by atoms with Gasteiger partial charge in [0.1, 0.15) is 11.9 Å². The zero-order valence-electron chi connectivity index (χ0n) is 14.3. The van der Waals surface area contributed by atoms with E-state index in [1.54, 1.807) is 12.0 Å². The molecule has 132 valence electrons. The van der Waals surface area contributed by atoms with Gasteiger partial charge in [0, 0.05) is 18.0 Å². The van der Waals surface area contributed by atoms with Crippen LogP contribution in [0.5, 0.6) is 5.75 Å². The van der Waals surface area contributed by atoms with Gasteiger partial charge >= 0.3 is 0 Å². The molecule has 6 heteroatoms. The summed E-state index contributed by atoms with van der Waals surface area (Å²) >= 11 is 1.52. The Balaban J connectivity index is 1.99. The number of aliphatic hydroxyl groups excluding tert-OH is 1. The fourth-order valence-corrected chi connectivity index (χ4v) is 4.16. The van der Waals surface area contributed by atoms with Gasteiger partial charge in [-0.25, -0.2) is 0 Å². The molecule has 1 aliphatic rings. The highest BCUT2D eigenvalue weighted by molar-refractivity contribution is 7.99. The molecule has 2 aromatic carbocycles. The lowest BCUT2D eigenvalue weighted by molar-refractivity contribution is -0.126. The largest absolute Gasteiger partial charge is 0.497 e. The number of methoxy groups -OCH3 is 1. The number of benzene rings is 2. The number of amides is 1. The molecule has 0 radical (unpaired) electrons. The van der Waals surface area contributed by atoms with E-state index in [0.717, 1.165) is 21.9 Å². The summed E-state index contributed by atoms with van der Waals surface area (Å²) in [5.41, 5.74) is 1.75. The minimum atomic E-state index is -1.11. The van der Waals surface area contributed by atoms with E-state index in [1.807, 2.05) is 55.6 Å². The second-order valence-electron chi connectivity index (χ2n) is 5.82. The molecule has 0 fully saturated rings. The van der Waals surface area contributed by atoms with Crippen molar-refractivity contribution in [3.8, 4) is 5.75 Å². The average molecular weight is 358 g/mol. The zero-order chi connectivity index (χ0) is 17.8. The maximum Gasteiger partial charge on any atom is 0.257 e. The van der Waals surface area contributed by atoms with Gasteiger partial charge in [0.05, 0.1) is 18.0 Å². The molecule has 2 atom stereocenters. The summed E-state index contributed by atoms with van der Waals surface area (Å²) in [6, 6.07) is 15.3. The molecule has 0 unspecified atom stereocenters. The highest BCUT2D eigenvalue weighted by Gasteiger charge is 2.36. The number of nitrogens with zero attached hydrogens (tertiary/aromatic N) is 1. The van der Waals surface area contributed by atoms with Crippen LogP contribution in [0.1, 0.15) is 10.8 Å². The molecule has 0 spiro atoms. The van der Waals surface area contributed by atoms with Crippen LogP contribution in [0.3, 0.4) is 0 Å². The van der Waals surface area contributed by atoms with Gasteiger partial charge in [-0.05, 0) is 36.9 Å². The number of nitrogens with one attached hydrogen (secondary N) is 1. The van der Waals surface area contributed by atoms with E-state index in [-0.39, 0.29) is 11.2 Å². The normalized spacial score (nSPS) is 20.1. The van der Waals surface area contributed by atoms with Crippen molar-refractivity contribution >= 4 is 23.4 Å². The summed E-state index contributed by atoms with van der Waals surface area (Å²) in [5.74, 6) is 0.479. The third kappa shape index (κ3) is 3.66. The SMILES string of the molecule is CNCCN1C(=O)[C@@H](O)[C@H](c2ccc(OC)cc2)Sc2ccccc21. The molecule has 2 N–H and O–H groups in total. The van der Waals surface area contributed by atoms with Crippen LogP contribution in [0, 0.1) is 0 Å². The summed E-state index contributed by atoms with van der Waals surface area (Å²) in [6.45, 7) is 1.17. The lowest BCUT2D eigenvalue weighted by Crippen LogP contribution is -2.43. The highest BCUT2D eigenvalue weighted by atomic mass is 32.2.